The summed E-state index contributed by atoms with van der Waals surface area (Å²) in [6.45, 7) is 6.86. The summed E-state index contributed by atoms with van der Waals surface area (Å²) in [5.41, 5.74) is 0. The van der Waals surface area contributed by atoms with Crippen LogP contribution in [-0.2, 0) is 0 Å². The average molecular weight is 282 g/mol. The molecule has 1 saturated heterocycles. The molecule has 2 rings (SSSR count). The number of nitrogens with zero attached hydrogens (tertiary/aromatic N) is 1. The monoisotopic (exact) mass is 282 g/mol. The van der Waals surface area contributed by atoms with Gasteiger partial charge in [-0.15, -0.1) is 0 Å². The molecule has 1 atom stereocenters. The van der Waals surface area contributed by atoms with Gasteiger partial charge >= 0.3 is 0 Å². The standard InChI is InChI=1S/C17H34N2O/c1-2-17(15-7-4-3-5-8-15)18-11-6-12-19-13-9-16(20)10-14-19/h15-18,20H,2-14H2,1H3. The van der Waals surface area contributed by atoms with Gasteiger partial charge in [-0.1, -0.05) is 26.2 Å². The van der Waals surface area contributed by atoms with Crippen LogP contribution in [0.15, 0.2) is 0 Å². The molecule has 118 valence electrons. The molecule has 0 spiro atoms. The number of piperidine rings is 1. The van der Waals surface area contributed by atoms with Crippen molar-refractivity contribution in [3.05, 3.63) is 0 Å². The van der Waals surface area contributed by atoms with Gasteiger partial charge in [0, 0.05) is 19.1 Å². The van der Waals surface area contributed by atoms with Gasteiger partial charge in [-0.05, 0) is 57.5 Å². The van der Waals surface area contributed by atoms with Crippen molar-refractivity contribution in [2.24, 2.45) is 5.92 Å². The van der Waals surface area contributed by atoms with E-state index in [-0.39, 0.29) is 6.10 Å². The van der Waals surface area contributed by atoms with Gasteiger partial charge in [0.15, 0.2) is 0 Å². The third-order valence-electron chi connectivity index (χ3n) is 5.27. The van der Waals surface area contributed by atoms with Crippen LogP contribution in [-0.4, -0.2) is 48.3 Å². The molecule has 2 fully saturated rings. The molecule has 0 aromatic rings. The Morgan fingerprint density at radius 2 is 1.80 bits per heavy atom. The van der Waals surface area contributed by atoms with Gasteiger partial charge in [0.1, 0.15) is 0 Å². The normalized spacial score (nSPS) is 24.9. The Hall–Kier alpha value is -0.120. The molecule has 1 heterocycles. The average Bonchev–Trinajstić information content (AvgIpc) is 2.50. The summed E-state index contributed by atoms with van der Waals surface area (Å²) >= 11 is 0. The summed E-state index contributed by atoms with van der Waals surface area (Å²) < 4.78 is 0. The molecule has 0 bridgehead atoms. The zero-order chi connectivity index (χ0) is 14.2. The smallest absolute Gasteiger partial charge is 0.0564 e. The highest BCUT2D eigenvalue weighted by molar-refractivity contribution is 4.78. The minimum atomic E-state index is -0.0415. The van der Waals surface area contributed by atoms with Crippen molar-refractivity contribution in [3.8, 4) is 0 Å². The molecule has 3 nitrogen and oxygen atoms in total. The lowest BCUT2D eigenvalue weighted by molar-refractivity contribution is 0.0818. The Balaban J connectivity index is 1.56. The van der Waals surface area contributed by atoms with E-state index in [9.17, 15) is 5.11 Å². The Morgan fingerprint density at radius 3 is 2.45 bits per heavy atom. The number of hydrogen-bond acceptors (Lipinski definition) is 3. The highest BCUT2D eigenvalue weighted by atomic mass is 16.3. The maximum Gasteiger partial charge on any atom is 0.0564 e. The third kappa shape index (κ3) is 5.34. The van der Waals surface area contributed by atoms with Crippen LogP contribution >= 0.6 is 0 Å². The van der Waals surface area contributed by atoms with E-state index in [1.165, 1.54) is 51.5 Å². The number of nitrogens with one attached hydrogen (secondary N) is 1. The molecule has 1 unspecified atom stereocenters. The highest BCUT2D eigenvalue weighted by Crippen LogP contribution is 2.27. The first kappa shape index (κ1) is 16.3. The summed E-state index contributed by atoms with van der Waals surface area (Å²) in [6.07, 6.45) is 11.6. The van der Waals surface area contributed by atoms with E-state index < -0.39 is 0 Å². The van der Waals surface area contributed by atoms with E-state index in [2.05, 4.69) is 17.1 Å². The lowest BCUT2D eigenvalue weighted by atomic mass is 9.83. The van der Waals surface area contributed by atoms with Crippen LogP contribution in [0.1, 0.15) is 64.7 Å². The first-order valence-corrected chi connectivity index (χ1v) is 8.93. The summed E-state index contributed by atoms with van der Waals surface area (Å²) in [5.74, 6) is 0.930. The molecule has 20 heavy (non-hydrogen) atoms. The second-order valence-corrected chi connectivity index (χ2v) is 6.79. The Kier molecular flexibility index (Phi) is 7.32. The van der Waals surface area contributed by atoms with Gasteiger partial charge < -0.3 is 15.3 Å². The van der Waals surface area contributed by atoms with E-state index in [0.29, 0.717) is 0 Å². The van der Waals surface area contributed by atoms with Crippen molar-refractivity contribution in [2.75, 3.05) is 26.2 Å². The van der Waals surface area contributed by atoms with Crippen LogP contribution in [0.2, 0.25) is 0 Å². The second-order valence-electron chi connectivity index (χ2n) is 6.79. The summed E-state index contributed by atoms with van der Waals surface area (Å²) in [6, 6.07) is 0.749. The quantitative estimate of drug-likeness (QED) is 0.705. The number of aliphatic hydroxyl groups excluding tert-OH is 1. The summed E-state index contributed by atoms with van der Waals surface area (Å²) in [5, 5.41) is 13.3. The largest absolute Gasteiger partial charge is 0.393 e. The molecule has 3 heteroatoms. The molecular formula is C17H34N2O. The van der Waals surface area contributed by atoms with E-state index in [0.717, 1.165) is 44.4 Å². The lowest BCUT2D eigenvalue weighted by Crippen LogP contribution is -2.40. The number of hydrogen-bond donors (Lipinski definition) is 2. The maximum absolute atomic E-state index is 9.51. The Morgan fingerprint density at radius 1 is 1.10 bits per heavy atom. The van der Waals surface area contributed by atoms with E-state index in [4.69, 9.17) is 0 Å². The van der Waals surface area contributed by atoms with E-state index >= 15 is 0 Å². The van der Waals surface area contributed by atoms with Crippen LogP contribution in [0.25, 0.3) is 0 Å². The second kappa shape index (κ2) is 9.01. The Bertz CT molecular complexity index is 245. The van der Waals surface area contributed by atoms with Crippen molar-refractivity contribution in [3.63, 3.8) is 0 Å². The van der Waals surface area contributed by atoms with Crippen LogP contribution in [0, 0.1) is 5.92 Å². The zero-order valence-corrected chi connectivity index (χ0v) is 13.3. The van der Waals surface area contributed by atoms with Crippen molar-refractivity contribution in [1.29, 1.82) is 0 Å². The minimum absolute atomic E-state index is 0.0415. The fourth-order valence-corrected chi connectivity index (χ4v) is 3.91. The lowest BCUT2D eigenvalue weighted by Gasteiger charge is -2.32. The molecule has 0 aromatic carbocycles. The first-order chi connectivity index (χ1) is 9.79. The summed E-state index contributed by atoms with van der Waals surface area (Å²) in [4.78, 5) is 2.51. The van der Waals surface area contributed by atoms with Crippen molar-refractivity contribution < 1.29 is 5.11 Å². The predicted molar refractivity (Wildman–Crippen MR) is 85.0 cm³/mol. The molecule has 0 amide bonds. The zero-order valence-electron chi connectivity index (χ0n) is 13.3. The molecular weight excluding hydrogens is 248 g/mol. The fourth-order valence-electron chi connectivity index (χ4n) is 3.91. The van der Waals surface area contributed by atoms with Crippen LogP contribution < -0.4 is 5.32 Å². The third-order valence-corrected chi connectivity index (χ3v) is 5.27. The highest BCUT2D eigenvalue weighted by Gasteiger charge is 2.21. The Labute approximate surface area is 125 Å². The van der Waals surface area contributed by atoms with E-state index in [1.807, 2.05) is 0 Å². The number of rotatable bonds is 7. The molecule has 0 aromatic heterocycles. The van der Waals surface area contributed by atoms with Gasteiger partial charge in [-0.3, -0.25) is 0 Å². The van der Waals surface area contributed by atoms with Crippen molar-refractivity contribution in [2.45, 2.75) is 76.9 Å². The fraction of sp³-hybridized carbons (Fsp3) is 1.00. The number of aliphatic hydroxyl groups is 1. The predicted octanol–water partition coefficient (Wildman–Crippen LogP) is 2.78. The van der Waals surface area contributed by atoms with E-state index in [1.54, 1.807) is 0 Å². The van der Waals surface area contributed by atoms with Gasteiger partial charge in [-0.2, -0.15) is 0 Å². The molecule has 1 aliphatic carbocycles. The summed E-state index contributed by atoms with van der Waals surface area (Å²) in [7, 11) is 0. The first-order valence-electron chi connectivity index (χ1n) is 8.93. The van der Waals surface area contributed by atoms with Crippen molar-refractivity contribution in [1.82, 2.24) is 10.2 Å². The minimum Gasteiger partial charge on any atom is -0.393 e. The molecule has 1 saturated carbocycles. The van der Waals surface area contributed by atoms with Gasteiger partial charge in [-0.25, -0.2) is 0 Å². The maximum atomic E-state index is 9.51. The molecule has 2 N–H and O–H groups in total. The topological polar surface area (TPSA) is 35.5 Å². The van der Waals surface area contributed by atoms with Crippen LogP contribution in [0.3, 0.4) is 0 Å². The van der Waals surface area contributed by atoms with Gasteiger partial charge in [0.25, 0.3) is 0 Å². The molecule has 0 radical (unpaired) electrons. The van der Waals surface area contributed by atoms with Crippen LogP contribution in [0.4, 0.5) is 0 Å². The van der Waals surface area contributed by atoms with Crippen LogP contribution in [0.5, 0.6) is 0 Å². The van der Waals surface area contributed by atoms with Gasteiger partial charge in [0.2, 0.25) is 0 Å². The van der Waals surface area contributed by atoms with Gasteiger partial charge in [0.05, 0.1) is 6.10 Å². The SMILES string of the molecule is CCC(NCCCN1CCC(O)CC1)C1CCCCC1. The molecule has 1 aliphatic heterocycles. The van der Waals surface area contributed by atoms with Crippen molar-refractivity contribution >= 4 is 0 Å². The number of likely N-dealkylation sites (tertiary alicyclic amines) is 1. The molecule has 2 aliphatic rings.